The van der Waals surface area contributed by atoms with Gasteiger partial charge in [-0.2, -0.15) is 4.98 Å². The Morgan fingerprint density at radius 2 is 2.00 bits per heavy atom. The number of imide groups is 1. The van der Waals surface area contributed by atoms with Crippen LogP contribution in [0.4, 0.5) is 4.79 Å². The molecular weight excluding hydrogens is 348 g/mol. The minimum absolute atomic E-state index is 0.0244. The molecule has 8 nitrogen and oxygen atoms in total. The number of nitrogens with zero attached hydrogens (tertiary/aromatic N) is 3. The molecule has 0 bridgehead atoms. The number of hydrogen-bond acceptors (Lipinski definition) is 6. The predicted molar refractivity (Wildman–Crippen MR) is 95.8 cm³/mol. The van der Waals surface area contributed by atoms with Crippen molar-refractivity contribution >= 4 is 11.9 Å². The topological polar surface area (TPSA) is 97.6 Å². The van der Waals surface area contributed by atoms with E-state index in [2.05, 4.69) is 15.5 Å². The molecule has 1 N–H and O–H groups in total. The summed E-state index contributed by atoms with van der Waals surface area (Å²) in [5, 5.41) is 6.88. The smallest absolute Gasteiger partial charge is 0.325 e. The van der Waals surface area contributed by atoms with Gasteiger partial charge in [0.1, 0.15) is 17.8 Å². The summed E-state index contributed by atoms with van der Waals surface area (Å²) < 4.78 is 10.5. The monoisotopic (exact) mass is 370 g/mol. The first-order valence-electron chi connectivity index (χ1n) is 9.22. The number of urea groups is 1. The standard InChI is InChI=1S/C19H22N4O4/c1-26-14-8-6-7-13(11-14)16-20-15(27-22-16)12-23-17(24)19(21-18(23)25)9-4-2-3-5-10-19/h6-8,11H,2-5,9-10,12H2,1H3,(H,21,25). The minimum Gasteiger partial charge on any atom is -0.497 e. The van der Waals surface area contributed by atoms with Gasteiger partial charge in [0, 0.05) is 5.56 Å². The molecule has 4 rings (SSSR count). The number of rotatable bonds is 4. The average Bonchev–Trinajstić information content (AvgIpc) is 3.14. The van der Waals surface area contributed by atoms with E-state index in [0.29, 0.717) is 24.4 Å². The number of carbonyl (C=O) groups is 2. The van der Waals surface area contributed by atoms with E-state index in [1.165, 1.54) is 4.90 Å². The van der Waals surface area contributed by atoms with Crippen LogP contribution < -0.4 is 10.1 Å². The third-order valence-corrected chi connectivity index (χ3v) is 5.29. The highest BCUT2D eigenvalue weighted by molar-refractivity contribution is 6.06. The number of nitrogens with one attached hydrogen (secondary N) is 1. The van der Waals surface area contributed by atoms with Crippen molar-refractivity contribution in [1.29, 1.82) is 0 Å². The molecule has 1 spiro atoms. The zero-order valence-electron chi connectivity index (χ0n) is 15.2. The van der Waals surface area contributed by atoms with Crippen LogP contribution in [-0.4, -0.2) is 39.6 Å². The molecule has 1 aromatic carbocycles. The Morgan fingerprint density at radius 3 is 2.74 bits per heavy atom. The van der Waals surface area contributed by atoms with Gasteiger partial charge in [-0.3, -0.25) is 9.69 Å². The summed E-state index contributed by atoms with van der Waals surface area (Å²) in [6.07, 6.45) is 5.46. The van der Waals surface area contributed by atoms with Gasteiger partial charge in [-0.25, -0.2) is 4.79 Å². The van der Waals surface area contributed by atoms with Gasteiger partial charge >= 0.3 is 6.03 Å². The molecule has 2 heterocycles. The molecule has 1 aromatic heterocycles. The summed E-state index contributed by atoms with van der Waals surface area (Å²) in [4.78, 5) is 30.9. The van der Waals surface area contributed by atoms with Gasteiger partial charge in [0.25, 0.3) is 5.91 Å². The molecule has 2 aliphatic rings. The van der Waals surface area contributed by atoms with E-state index in [1.54, 1.807) is 13.2 Å². The van der Waals surface area contributed by atoms with Crippen molar-refractivity contribution in [2.45, 2.75) is 50.6 Å². The summed E-state index contributed by atoms with van der Waals surface area (Å²) in [5.74, 6) is 1.11. The maximum atomic E-state index is 12.9. The number of carbonyl (C=O) groups excluding carboxylic acids is 2. The van der Waals surface area contributed by atoms with Crippen LogP contribution in [0, 0.1) is 0 Å². The molecule has 0 unspecified atom stereocenters. The first-order valence-corrected chi connectivity index (χ1v) is 9.22. The first-order chi connectivity index (χ1) is 13.1. The Balaban J connectivity index is 1.52. The number of benzene rings is 1. The van der Waals surface area contributed by atoms with Crippen molar-refractivity contribution < 1.29 is 18.8 Å². The Hall–Kier alpha value is -2.90. The lowest BCUT2D eigenvalue weighted by molar-refractivity contribution is -0.132. The van der Waals surface area contributed by atoms with Gasteiger partial charge in [0.2, 0.25) is 11.7 Å². The Bertz CT molecular complexity index is 855. The molecule has 3 amide bonds. The van der Waals surface area contributed by atoms with Gasteiger partial charge in [0.05, 0.1) is 7.11 Å². The van der Waals surface area contributed by atoms with Crippen molar-refractivity contribution in [3.63, 3.8) is 0 Å². The minimum atomic E-state index is -0.761. The van der Waals surface area contributed by atoms with E-state index in [0.717, 1.165) is 31.2 Å². The average molecular weight is 370 g/mol. The summed E-state index contributed by atoms with van der Waals surface area (Å²) >= 11 is 0. The highest BCUT2D eigenvalue weighted by atomic mass is 16.5. The first kappa shape index (κ1) is 17.5. The SMILES string of the molecule is COc1cccc(-c2noc(CN3C(=O)NC4(CCCCCC4)C3=O)n2)c1. The maximum absolute atomic E-state index is 12.9. The maximum Gasteiger partial charge on any atom is 0.325 e. The van der Waals surface area contributed by atoms with Crippen LogP contribution in [0.25, 0.3) is 11.4 Å². The van der Waals surface area contributed by atoms with E-state index in [4.69, 9.17) is 9.26 Å². The zero-order chi connectivity index (χ0) is 18.9. The molecular formula is C19H22N4O4. The number of hydrogen-bond donors (Lipinski definition) is 1. The lowest BCUT2D eigenvalue weighted by atomic mass is 9.90. The molecule has 142 valence electrons. The summed E-state index contributed by atoms with van der Waals surface area (Å²) in [5.41, 5.74) is -0.0229. The van der Waals surface area contributed by atoms with Crippen molar-refractivity contribution in [2.75, 3.05) is 7.11 Å². The fraction of sp³-hybridized carbons (Fsp3) is 0.474. The fourth-order valence-electron chi connectivity index (χ4n) is 3.82. The van der Waals surface area contributed by atoms with Gasteiger partial charge < -0.3 is 14.6 Å². The summed E-state index contributed by atoms with van der Waals surface area (Å²) in [6.45, 7) is -0.0244. The van der Waals surface area contributed by atoms with Gasteiger partial charge in [-0.1, -0.05) is 43.0 Å². The highest BCUT2D eigenvalue weighted by Gasteiger charge is 2.51. The molecule has 2 fully saturated rings. The van der Waals surface area contributed by atoms with Crippen molar-refractivity contribution in [3.05, 3.63) is 30.2 Å². The molecule has 1 aliphatic heterocycles. The Morgan fingerprint density at radius 1 is 1.22 bits per heavy atom. The van der Waals surface area contributed by atoms with Crippen molar-refractivity contribution in [3.8, 4) is 17.1 Å². The van der Waals surface area contributed by atoms with E-state index in [1.807, 2.05) is 18.2 Å². The molecule has 1 aliphatic carbocycles. The largest absolute Gasteiger partial charge is 0.497 e. The fourth-order valence-corrected chi connectivity index (χ4v) is 3.82. The quantitative estimate of drug-likeness (QED) is 0.831. The van der Waals surface area contributed by atoms with Crippen LogP contribution in [0.2, 0.25) is 0 Å². The summed E-state index contributed by atoms with van der Waals surface area (Å²) in [7, 11) is 1.59. The second kappa shape index (κ2) is 7.02. The van der Waals surface area contributed by atoms with Crippen LogP contribution in [0.15, 0.2) is 28.8 Å². The van der Waals surface area contributed by atoms with Gasteiger partial charge in [0.15, 0.2) is 0 Å². The number of ether oxygens (including phenoxy) is 1. The number of aromatic nitrogens is 2. The van der Waals surface area contributed by atoms with Gasteiger partial charge in [-0.15, -0.1) is 0 Å². The molecule has 1 saturated carbocycles. The van der Waals surface area contributed by atoms with E-state index in [-0.39, 0.29) is 24.4 Å². The van der Waals surface area contributed by atoms with Crippen LogP contribution in [0.3, 0.4) is 0 Å². The van der Waals surface area contributed by atoms with Crippen LogP contribution >= 0.6 is 0 Å². The van der Waals surface area contributed by atoms with Crippen LogP contribution in [-0.2, 0) is 11.3 Å². The van der Waals surface area contributed by atoms with Gasteiger partial charge in [-0.05, 0) is 25.0 Å². The van der Waals surface area contributed by atoms with Crippen molar-refractivity contribution in [1.82, 2.24) is 20.4 Å². The van der Waals surface area contributed by atoms with Crippen LogP contribution in [0.5, 0.6) is 5.75 Å². The third kappa shape index (κ3) is 3.27. The normalized spacial score (nSPS) is 19.2. The van der Waals surface area contributed by atoms with E-state index in [9.17, 15) is 9.59 Å². The molecule has 27 heavy (non-hydrogen) atoms. The van der Waals surface area contributed by atoms with E-state index < -0.39 is 5.54 Å². The zero-order valence-corrected chi connectivity index (χ0v) is 15.2. The number of amides is 3. The molecule has 0 radical (unpaired) electrons. The molecule has 1 saturated heterocycles. The summed E-state index contributed by atoms with van der Waals surface area (Å²) in [6, 6.07) is 6.90. The van der Waals surface area contributed by atoms with E-state index >= 15 is 0 Å². The van der Waals surface area contributed by atoms with Crippen LogP contribution in [0.1, 0.15) is 44.4 Å². The highest BCUT2D eigenvalue weighted by Crippen LogP contribution is 2.33. The molecule has 0 atom stereocenters. The predicted octanol–water partition coefficient (Wildman–Crippen LogP) is 2.89. The Kier molecular flexibility index (Phi) is 4.55. The van der Waals surface area contributed by atoms with Crippen molar-refractivity contribution in [2.24, 2.45) is 0 Å². The number of methoxy groups -OCH3 is 1. The molecule has 2 aromatic rings. The second-order valence-electron chi connectivity index (χ2n) is 7.06. The lowest BCUT2D eigenvalue weighted by Gasteiger charge is -2.24. The molecule has 8 heteroatoms. The lowest BCUT2D eigenvalue weighted by Crippen LogP contribution is -2.46. The second-order valence-corrected chi connectivity index (χ2v) is 7.06. The Labute approximate surface area is 156 Å². The third-order valence-electron chi connectivity index (χ3n) is 5.29.